The number of rotatable bonds is 6. The van der Waals surface area contributed by atoms with Crippen LogP contribution in [0.1, 0.15) is 0 Å². The highest BCUT2D eigenvalue weighted by molar-refractivity contribution is 6.10. The van der Waals surface area contributed by atoms with Crippen molar-refractivity contribution in [2.45, 2.75) is 0 Å². The van der Waals surface area contributed by atoms with E-state index in [4.69, 9.17) is 9.97 Å². The quantitative estimate of drug-likeness (QED) is 0.172. The Morgan fingerprint density at radius 1 is 0.268 bits per heavy atom. The second-order valence-corrected chi connectivity index (χ2v) is 14.2. The van der Waals surface area contributed by atoms with Gasteiger partial charge < -0.3 is 9.13 Å². The van der Waals surface area contributed by atoms with Gasteiger partial charge in [0.15, 0.2) is 5.82 Å². The zero-order chi connectivity index (χ0) is 37.0. The van der Waals surface area contributed by atoms with Gasteiger partial charge in [0.2, 0.25) is 0 Å². The summed E-state index contributed by atoms with van der Waals surface area (Å²) in [4.78, 5) is 10.7. The van der Waals surface area contributed by atoms with Crippen molar-refractivity contribution >= 4 is 43.6 Å². The number of fused-ring (bicyclic) bond motifs is 6. The van der Waals surface area contributed by atoms with Gasteiger partial charge >= 0.3 is 0 Å². The van der Waals surface area contributed by atoms with Crippen molar-refractivity contribution in [3.05, 3.63) is 206 Å². The average Bonchev–Trinajstić information content (AvgIpc) is 3.80. The van der Waals surface area contributed by atoms with E-state index in [9.17, 15) is 0 Å². The molecule has 3 aromatic heterocycles. The van der Waals surface area contributed by atoms with Gasteiger partial charge in [-0.25, -0.2) is 9.97 Å². The molecule has 0 saturated heterocycles. The highest BCUT2D eigenvalue weighted by Gasteiger charge is 2.19. The molecule has 56 heavy (non-hydrogen) atoms. The lowest BCUT2D eigenvalue weighted by molar-refractivity contribution is 1.12. The molecule has 3 heterocycles. The molecule has 4 heteroatoms. The highest BCUT2D eigenvalue weighted by Crippen LogP contribution is 2.38. The van der Waals surface area contributed by atoms with Gasteiger partial charge in [-0.2, -0.15) is 0 Å². The van der Waals surface area contributed by atoms with Crippen LogP contribution in [0.15, 0.2) is 206 Å². The molecule has 8 aromatic carbocycles. The first-order valence-electron chi connectivity index (χ1n) is 19.0. The van der Waals surface area contributed by atoms with Gasteiger partial charge in [-0.05, 0) is 59.7 Å². The maximum absolute atomic E-state index is 5.37. The van der Waals surface area contributed by atoms with E-state index in [1.54, 1.807) is 0 Å². The lowest BCUT2D eigenvalue weighted by Gasteiger charge is -2.16. The zero-order valence-electron chi connectivity index (χ0n) is 30.4. The van der Waals surface area contributed by atoms with Gasteiger partial charge in [0.25, 0.3) is 0 Å². The van der Waals surface area contributed by atoms with Crippen LogP contribution < -0.4 is 0 Å². The summed E-state index contributed by atoms with van der Waals surface area (Å²) in [7, 11) is 0. The van der Waals surface area contributed by atoms with Crippen LogP contribution >= 0.6 is 0 Å². The Morgan fingerprint density at radius 3 is 1.05 bits per heavy atom. The van der Waals surface area contributed by atoms with E-state index in [-0.39, 0.29) is 0 Å². The first-order chi connectivity index (χ1) is 27.8. The van der Waals surface area contributed by atoms with Crippen LogP contribution in [-0.2, 0) is 0 Å². The summed E-state index contributed by atoms with van der Waals surface area (Å²) in [6.07, 6.45) is 0. The zero-order valence-corrected chi connectivity index (χ0v) is 30.4. The molecule has 0 aliphatic rings. The van der Waals surface area contributed by atoms with Gasteiger partial charge in [-0.1, -0.05) is 158 Å². The molecule has 4 nitrogen and oxygen atoms in total. The third-order valence-electron chi connectivity index (χ3n) is 10.9. The summed E-state index contributed by atoms with van der Waals surface area (Å²) in [5, 5.41) is 4.87. The van der Waals surface area contributed by atoms with Crippen molar-refractivity contribution in [2.24, 2.45) is 0 Å². The molecule has 0 fully saturated rings. The van der Waals surface area contributed by atoms with Gasteiger partial charge in [-0.3, -0.25) is 0 Å². The summed E-state index contributed by atoms with van der Waals surface area (Å²) in [5.74, 6) is 0.665. The third-order valence-corrected chi connectivity index (χ3v) is 10.9. The van der Waals surface area contributed by atoms with E-state index in [0.717, 1.165) is 61.5 Å². The maximum atomic E-state index is 5.37. The van der Waals surface area contributed by atoms with Crippen molar-refractivity contribution in [1.29, 1.82) is 0 Å². The molecular weight excluding hydrogens is 681 g/mol. The first-order valence-corrected chi connectivity index (χ1v) is 19.0. The Hall–Kier alpha value is -7.56. The number of benzene rings is 8. The van der Waals surface area contributed by atoms with Gasteiger partial charge in [0, 0.05) is 49.6 Å². The standard InChI is InChI=1S/C52H34N4/c1-3-15-35(16-4-1)36-27-29-38(30-28-36)47-34-46(37-17-5-2-6-18-37)53-52(54-47)39-31-40(55-48-23-11-7-19-42(48)43-20-8-12-24-49(43)55)33-41(32-39)56-50-25-13-9-21-44(50)45-22-10-14-26-51(45)56/h1-34H. The predicted octanol–water partition coefficient (Wildman–Crippen LogP) is 13.3. The van der Waals surface area contributed by atoms with E-state index >= 15 is 0 Å². The molecule has 0 aliphatic carbocycles. The third kappa shape index (κ3) is 5.31. The van der Waals surface area contributed by atoms with Crippen molar-refractivity contribution in [3.8, 4) is 56.4 Å². The average molecular weight is 715 g/mol. The van der Waals surface area contributed by atoms with Crippen LogP contribution in [0.2, 0.25) is 0 Å². The molecule has 0 atom stereocenters. The highest BCUT2D eigenvalue weighted by atomic mass is 15.0. The van der Waals surface area contributed by atoms with E-state index in [1.165, 1.54) is 32.7 Å². The normalized spacial score (nSPS) is 11.6. The van der Waals surface area contributed by atoms with Crippen molar-refractivity contribution in [2.75, 3.05) is 0 Å². The minimum Gasteiger partial charge on any atom is -0.309 e. The van der Waals surface area contributed by atoms with Crippen molar-refractivity contribution in [3.63, 3.8) is 0 Å². The maximum Gasteiger partial charge on any atom is 0.160 e. The molecule has 0 radical (unpaired) electrons. The van der Waals surface area contributed by atoms with Crippen molar-refractivity contribution < 1.29 is 0 Å². The lowest BCUT2D eigenvalue weighted by atomic mass is 10.0. The van der Waals surface area contributed by atoms with Crippen LogP contribution in [0.4, 0.5) is 0 Å². The molecule has 0 saturated carbocycles. The summed E-state index contributed by atoms with van der Waals surface area (Å²) < 4.78 is 4.77. The number of para-hydroxylation sites is 4. The van der Waals surface area contributed by atoms with Crippen LogP contribution in [0.25, 0.3) is 100 Å². The summed E-state index contributed by atoms with van der Waals surface area (Å²) in [6, 6.07) is 73.2. The van der Waals surface area contributed by atoms with E-state index in [2.05, 4.69) is 203 Å². The summed E-state index contributed by atoms with van der Waals surface area (Å²) in [5.41, 5.74) is 13.8. The Bertz CT molecular complexity index is 2990. The second kappa shape index (κ2) is 13.1. The van der Waals surface area contributed by atoms with E-state index < -0.39 is 0 Å². The number of nitrogens with zero attached hydrogens (tertiary/aromatic N) is 4. The first kappa shape index (κ1) is 31.9. The van der Waals surface area contributed by atoms with Crippen LogP contribution in [0.5, 0.6) is 0 Å². The Labute approximate surface area is 324 Å². The minimum absolute atomic E-state index is 0.665. The van der Waals surface area contributed by atoms with Crippen molar-refractivity contribution in [1.82, 2.24) is 19.1 Å². The van der Waals surface area contributed by atoms with E-state index in [1.807, 2.05) is 12.1 Å². The number of hydrogen-bond acceptors (Lipinski definition) is 2. The summed E-state index contributed by atoms with van der Waals surface area (Å²) >= 11 is 0. The van der Waals surface area contributed by atoms with Gasteiger partial charge in [0.05, 0.1) is 33.5 Å². The molecule has 0 N–H and O–H groups in total. The Balaban J connectivity index is 1.19. The van der Waals surface area contributed by atoms with Crippen LogP contribution in [0, 0.1) is 0 Å². The lowest BCUT2D eigenvalue weighted by Crippen LogP contribution is -2.02. The molecule has 0 amide bonds. The fourth-order valence-electron chi connectivity index (χ4n) is 8.33. The largest absolute Gasteiger partial charge is 0.309 e. The molecular formula is C52H34N4. The number of aromatic nitrogens is 4. The topological polar surface area (TPSA) is 35.6 Å². The van der Waals surface area contributed by atoms with Crippen LogP contribution in [-0.4, -0.2) is 19.1 Å². The Morgan fingerprint density at radius 2 is 0.607 bits per heavy atom. The molecule has 0 unspecified atom stereocenters. The van der Waals surface area contributed by atoms with Crippen LogP contribution in [0.3, 0.4) is 0 Å². The molecule has 11 rings (SSSR count). The van der Waals surface area contributed by atoms with Gasteiger partial charge in [0.1, 0.15) is 0 Å². The SMILES string of the molecule is c1ccc(-c2ccc(-c3cc(-c4ccccc4)nc(-c4cc(-n5c6ccccc6c6ccccc65)cc(-n5c6ccccc6c6ccccc65)c4)n3)cc2)cc1. The molecule has 262 valence electrons. The fourth-order valence-corrected chi connectivity index (χ4v) is 8.33. The molecule has 11 aromatic rings. The fraction of sp³-hybridized carbons (Fsp3) is 0. The molecule has 0 aliphatic heterocycles. The monoisotopic (exact) mass is 714 g/mol. The molecule has 0 bridgehead atoms. The molecule has 0 spiro atoms. The minimum atomic E-state index is 0.665. The summed E-state index contributed by atoms with van der Waals surface area (Å²) in [6.45, 7) is 0. The van der Waals surface area contributed by atoms with E-state index in [0.29, 0.717) is 5.82 Å². The number of hydrogen-bond donors (Lipinski definition) is 0. The second-order valence-electron chi connectivity index (χ2n) is 14.2. The van der Waals surface area contributed by atoms with Gasteiger partial charge in [-0.15, -0.1) is 0 Å². The Kier molecular flexibility index (Phi) is 7.46. The smallest absolute Gasteiger partial charge is 0.160 e. The predicted molar refractivity (Wildman–Crippen MR) is 232 cm³/mol.